The fourth-order valence-electron chi connectivity index (χ4n) is 1.62. The molecule has 0 saturated heterocycles. The molecule has 0 bridgehead atoms. The molecule has 0 spiro atoms. The molecule has 0 unspecified atom stereocenters. The van der Waals surface area contributed by atoms with E-state index in [1.165, 1.54) is 0 Å². The Morgan fingerprint density at radius 3 is 2.40 bits per heavy atom. The van der Waals surface area contributed by atoms with Crippen LogP contribution in [0.4, 0.5) is 5.69 Å². The average molecular weight is 393 g/mol. The maximum absolute atomic E-state index is 12.0. The van der Waals surface area contributed by atoms with Crippen LogP contribution in [-0.2, 0) is 11.2 Å². The van der Waals surface area contributed by atoms with Gasteiger partial charge in [0.25, 0.3) is 0 Å². The highest BCUT2D eigenvalue weighted by Crippen LogP contribution is 2.26. The van der Waals surface area contributed by atoms with Crippen LogP contribution in [0.2, 0.25) is 15.1 Å². The number of rotatable bonds is 3. The normalized spacial score (nSPS) is 10.4. The second-order valence-electron chi connectivity index (χ2n) is 4.10. The van der Waals surface area contributed by atoms with Gasteiger partial charge in [-0.15, -0.1) is 0 Å². The van der Waals surface area contributed by atoms with Crippen LogP contribution in [0.15, 0.2) is 40.9 Å². The number of amides is 1. The number of carbonyl (C=O) groups is 1. The zero-order valence-corrected chi connectivity index (χ0v) is 13.9. The standard InChI is InChI=1S/C14H9BrCl3NO/c15-9-2-4-13(12(18)7-9)19-14(20)6-8-1-3-10(16)11(17)5-8/h1-5,7H,6H2,(H,19,20). The van der Waals surface area contributed by atoms with Crippen LogP contribution in [0, 0.1) is 0 Å². The lowest BCUT2D eigenvalue weighted by Crippen LogP contribution is -2.14. The van der Waals surface area contributed by atoms with Gasteiger partial charge in [0.1, 0.15) is 0 Å². The lowest BCUT2D eigenvalue weighted by molar-refractivity contribution is -0.115. The van der Waals surface area contributed by atoms with Crippen molar-refractivity contribution in [3.8, 4) is 0 Å². The summed E-state index contributed by atoms with van der Waals surface area (Å²) in [6.07, 6.45) is 0.198. The fourth-order valence-corrected chi connectivity index (χ4v) is 2.66. The first-order valence-electron chi connectivity index (χ1n) is 5.64. The molecule has 2 aromatic rings. The van der Waals surface area contributed by atoms with Crippen molar-refractivity contribution in [1.82, 2.24) is 0 Å². The number of carbonyl (C=O) groups excluding carboxylic acids is 1. The molecule has 104 valence electrons. The number of nitrogens with one attached hydrogen (secondary N) is 1. The molecule has 2 nitrogen and oxygen atoms in total. The quantitative estimate of drug-likeness (QED) is 0.724. The van der Waals surface area contributed by atoms with Gasteiger partial charge in [-0.3, -0.25) is 4.79 Å². The van der Waals surface area contributed by atoms with Gasteiger partial charge in [-0.1, -0.05) is 56.8 Å². The highest BCUT2D eigenvalue weighted by Gasteiger charge is 2.08. The fraction of sp³-hybridized carbons (Fsp3) is 0.0714. The van der Waals surface area contributed by atoms with Crippen LogP contribution >= 0.6 is 50.7 Å². The number of halogens is 4. The highest BCUT2D eigenvalue weighted by atomic mass is 79.9. The molecule has 0 aliphatic rings. The van der Waals surface area contributed by atoms with E-state index in [1.807, 2.05) is 0 Å². The van der Waals surface area contributed by atoms with E-state index in [9.17, 15) is 4.79 Å². The summed E-state index contributed by atoms with van der Waals surface area (Å²) in [6, 6.07) is 10.4. The monoisotopic (exact) mass is 391 g/mol. The van der Waals surface area contributed by atoms with Crippen LogP contribution < -0.4 is 5.32 Å². The van der Waals surface area contributed by atoms with E-state index >= 15 is 0 Å². The Bertz CT molecular complexity index is 661. The molecule has 0 aliphatic heterocycles. The first kappa shape index (κ1) is 15.6. The van der Waals surface area contributed by atoms with Crippen LogP contribution in [0.3, 0.4) is 0 Å². The molecule has 20 heavy (non-hydrogen) atoms. The first-order valence-corrected chi connectivity index (χ1v) is 7.57. The molecule has 0 atom stereocenters. The molecule has 0 fully saturated rings. The van der Waals surface area contributed by atoms with Gasteiger partial charge in [-0.25, -0.2) is 0 Å². The summed E-state index contributed by atoms with van der Waals surface area (Å²) in [6.45, 7) is 0. The van der Waals surface area contributed by atoms with E-state index in [-0.39, 0.29) is 12.3 Å². The van der Waals surface area contributed by atoms with E-state index < -0.39 is 0 Å². The molecule has 2 rings (SSSR count). The van der Waals surface area contributed by atoms with Crippen molar-refractivity contribution >= 4 is 62.3 Å². The minimum atomic E-state index is -0.174. The second kappa shape index (κ2) is 6.81. The molecular weight excluding hydrogens is 384 g/mol. The zero-order valence-electron chi connectivity index (χ0n) is 10.1. The van der Waals surface area contributed by atoms with Crippen molar-refractivity contribution in [2.24, 2.45) is 0 Å². The summed E-state index contributed by atoms with van der Waals surface area (Å²) in [7, 11) is 0. The summed E-state index contributed by atoms with van der Waals surface area (Å²) in [5, 5.41) is 4.12. The molecule has 0 saturated carbocycles. The molecule has 6 heteroatoms. The molecule has 1 amide bonds. The lowest BCUT2D eigenvalue weighted by Gasteiger charge is -2.08. The van der Waals surface area contributed by atoms with Gasteiger partial charge < -0.3 is 5.32 Å². The highest BCUT2D eigenvalue weighted by molar-refractivity contribution is 9.10. The van der Waals surface area contributed by atoms with Crippen LogP contribution in [0.5, 0.6) is 0 Å². The van der Waals surface area contributed by atoms with Crippen molar-refractivity contribution in [2.45, 2.75) is 6.42 Å². The van der Waals surface area contributed by atoms with Gasteiger partial charge in [0, 0.05) is 4.47 Å². The van der Waals surface area contributed by atoms with Gasteiger partial charge >= 0.3 is 0 Å². The maximum Gasteiger partial charge on any atom is 0.228 e. The molecule has 0 aromatic heterocycles. The van der Waals surface area contributed by atoms with Gasteiger partial charge in [0.05, 0.1) is 27.2 Å². The Morgan fingerprint density at radius 2 is 1.75 bits per heavy atom. The van der Waals surface area contributed by atoms with E-state index in [2.05, 4.69) is 21.2 Å². The lowest BCUT2D eigenvalue weighted by atomic mass is 10.1. The number of hydrogen-bond acceptors (Lipinski definition) is 1. The largest absolute Gasteiger partial charge is 0.324 e. The van der Waals surface area contributed by atoms with Crippen LogP contribution in [0.1, 0.15) is 5.56 Å². The van der Waals surface area contributed by atoms with Gasteiger partial charge in [-0.2, -0.15) is 0 Å². The molecule has 0 radical (unpaired) electrons. The van der Waals surface area contributed by atoms with Crippen LogP contribution in [-0.4, -0.2) is 5.91 Å². The average Bonchev–Trinajstić information content (AvgIpc) is 2.37. The van der Waals surface area contributed by atoms with Crippen molar-refractivity contribution < 1.29 is 4.79 Å². The number of anilines is 1. The Balaban J connectivity index is 2.07. The predicted octanol–water partition coefficient (Wildman–Crippen LogP) is 5.59. The van der Waals surface area contributed by atoms with Gasteiger partial charge in [0.2, 0.25) is 5.91 Å². The minimum absolute atomic E-state index is 0.174. The van der Waals surface area contributed by atoms with Crippen molar-refractivity contribution in [3.63, 3.8) is 0 Å². The zero-order chi connectivity index (χ0) is 14.7. The van der Waals surface area contributed by atoms with E-state index in [1.54, 1.807) is 36.4 Å². The number of benzene rings is 2. The smallest absolute Gasteiger partial charge is 0.228 e. The van der Waals surface area contributed by atoms with Crippen molar-refractivity contribution in [3.05, 3.63) is 61.5 Å². The van der Waals surface area contributed by atoms with E-state index in [0.29, 0.717) is 20.8 Å². The molecule has 0 heterocycles. The number of hydrogen-bond donors (Lipinski definition) is 1. The Hall–Kier alpha value is -0.740. The maximum atomic E-state index is 12.0. The van der Waals surface area contributed by atoms with E-state index in [0.717, 1.165) is 10.0 Å². The Kier molecular flexibility index (Phi) is 5.33. The van der Waals surface area contributed by atoms with Crippen molar-refractivity contribution in [2.75, 3.05) is 5.32 Å². The minimum Gasteiger partial charge on any atom is -0.324 e. The van der Waals surface area contributed by atoms with Crippen LogP contribution in [0.25, 0.3) is 0 Å². The van der Waals surface area contributed by atoms with E-state index in [4.69, 9.17) is 34.8 Å². The second-order valence-corrected chi connectivity index (χ2v) is 6.23. The summed E-state index contributed by atoms with van der Waals surface area (Å²) < 4.78 is 0.852. The summed E-state index contributed by atoms with van der Waals surface area (Å²) in [5.41, 5.74) is 1.35. The topological polar surface area (TPSA) is 29.1 Å². The molecule has 2 aromatic carbocycles. The first-order chi connectivity index (χ1) is 9.45. The third kappa shape index (κ3) is 4.13. The van der Waals surface area contributed by atoms with Gasteiger partial charge in [-0.05, 0) is 35.9 Å². The summed E-state index contributed by atoms with van der Waals surface area (Å²) >= 11 is 21.1. The SMILES string of the molecule is O=C(Cc1ccc(Cl)c(Cl)c1)Nc1ccc(Br)cc1Cl. The molecular formula is C14H9BrCl3NO. The third-order valence-corrected chi connectivity index (χ3v) is 4.10. The predicted molar refractivity (Wildman–Crippen MR) is 87.9 cm³/mol. The van der Waals surface area contributed by atoms with Crippen molar-refractivity contribution in [1.29, 1.82) is 0 Å². The summed E-state index contributed by atoms with van der Waals surface area (Å²) in [5.74, 6) is -0.174. The molecule has 1 N–H and O–H groups in total. The Labute approximate surface area is 140 Å². The van der Waals surface area contributed by atoms with Gasteiger partial charge in [0.15, 0.2) is 0 Å². The third-order valence-electron chi connectivity index (χ3n) is 2.55. The summed E-state index contributed by atoms with van der Waals surface area (Å²) in [4.78, 5) is 12.0. The molecule has 0 aliphatic carbocycles. The Morgan fingerprint density at radius 1 is 1.00 bits per heavy atom.